The van der Waals surface area contributed by atoms with Crippen molar-refractivity contribution in [1.29, 1.82) is 0 Å². The van der Waals surface area contributed by atoms with Gasteiger partial charge < -0.3 is 24.8 Å². The quantitative estimate of drug-likeness (QED) is 0.452. The van der Waals surface area contributed by atoms with Crippen LogP contribution in [0.25, 0.3) is 11.3 Å². The first kappa shape index (κ1) is 14.9. The average Bonchev–Trinajstić information content (AvgIpc) is 2.18. The third kappa shape index (κ3) is 3.19. The molecule has 0 saturated carbocycles. The van der Waals surface area contributed by atoms with Gasteiger partial charge in [0.05, 0.1) is 0 Å². The van der Waals surface area contributed by atoms with E-state index in [1.54, 1.807) is 0 Å². The molecule has 2 nitrogen and oxygen atoms in total. The summed E-state index contributed by atoms with van der Waals surface area (Å²) in [6.45, 7) is 0. The second kappa shape index (κ2) is 6.46. The van der Waals surface area contributed by atoms with E-state index in [0.717, 1.165) is 0 Å². The van der Waals surface area contributed by atoms with E-state index in [1.807, 2.05) is 19.3 Å². The van der Waals surface area contributed by atoms with Crippen LogP contribution in [0.3, 0.4) is 0 Å². The summed E-state index contributed by atoms with van der Waals surface area (Å²) >= 11 is 0. The Hall–Kier alpha value is -1.12. The molecular weight excluding hydrogens is 243 g/mol. The molecule has 86 valence electrons. The molecule has 2 rings (SSSR count). The zero-order valence-corrected chi connectivity index (χ0v) is 10.8. The topological polar surface area (TPSA) is 7.76 Å². The number of hydrogen-bond acceptors (Lipinski definition) is 0. The highest BCUT2D eigenvalue weighted by Gasteiger charge is 2.10. The lowest BCUT2D eigenvalue weighted by atomic mass is 10.2. The predicted octanol–water partition coefficient (Wildman–Crippen LogP) is -4.99. The second-order valence-electron chi connectivity index (χ2n) is 3.45. The van der Waals surface area contributed by atoms with Crippen molar-refractivity contribution in [2.45, 2.75) is 0 Å². The van der Waals surface area contributed by atoms with Crippen LogP contribution in [0.5, 0.6) is 0 Å². The first-order chi connectivity index (χ1) is 6.77. The summed E-state index contributed by atoms with van der Waals surface area (Å²) in [5, 5.41) is 0. The molecule has 0 unspecified atom stereocenters. The van der Waals surface area contributed by atoms with Gasteiger partial charge in [0, 0.05) is 18.2 Å². The molecule has 0 saturated heterocycles. The van der Waals surface area contributed by atoms with Gasteiger partial charge in [0.25, 0.3) is 0 Å². The third-order valence-corrected chi connectivity index (χ3v) is 2.29. The van der Waals surface area contributed by atoms with E-state index in [9.17, 15) is 0 Å². The van der Waals surface area contributed by atoms with Gasteiger partial charge in [-0.25, -0.2) is 9.13 Å². The van der Waals surface area contributed by atoms with Crippen LogP contribution < -0.4 is 33.9 Å². The summed E-state index contributed by atoms with van der Waals surface area (Å²) < 4.78 is 4.18. The van der Waals surface area contributed by atoms with Gasteiger partial charge in [-0.15, -0.1) is 0 Å². The monoisotopic (exact) mass is 256 g/mol. The Balaban J connectivity index is 0.00000112. The van der Waals surface area contributed by atoms with Crippen molar-refractivity contribution in [3.63, 3.8) is 0 Å². The Kier molecular flexibility index (Phi) is 6.01. The van der Waals surface area contributed by atoms with Gasteiger partial charge in [-0.05, 0) is 12.1 Å². The molecule has 0 amide bonds. The number of hydrogen-bond donors (Lipinski definition) is 0. The number of nitrogens with zero attached hydrogens (tertiary/aromatic N) is 2. The highest BCUT2D eigenvalue weighted by molar-refractivity contribution is 5.52. The molecule has 0 bridgehead atoms. The van der Waals surface area contributed by atoms with Crippen molar-refractivity contribution < 1.29 is 33.9 Å². The SMILES string of the molecule is C[n+]1cccc(-c2cccc[n+]2C)c1.[Cl-].[Cl-]. The normalized spacial score (nSPS) is 8.88. The Morgan fingerprint density at radius 1 is 0.875 bits per heavy atom. The van der Waals surface area contributed by atoms with Crippen LogP contribution in [0.15, 0.2) is 48.9 Å². The highest BCUT2D eigenvalue weighted by atomic mass is 35.5. The van der Waals surface area contributed by atoms with Crippen molar-refractivity contribution >= 4 is 0 Å². The predicted molar refractivity (Wildman–Crippen MR) is 54.2 cm³/mol. The molecule has 2 heterocycles. The molecule has 2 aromatic rings. The number of rotatable bonds is 1. The summed E-state index contributed by atoms with van der Waals surface area (Å²) in [4.78, 5) is 0. The van der Waals surface area contributed by atoms with E-state index in [4.69, 9.17) is 0 Å². The zero-order valence-electron chi connectivity index (χ0n) is 9.27. The Labute approximate surface area is 108 Å². The van der Waals surface area contributed by atoms with Crippen LogP contribution in [0.4, 0.5) is 0 Å². The average molecular weight is 257 g/mol. The van der Waals surface area contributed by atoms with E-state index in [1.165, 1.54) is 11.3 Å². The van der Waals surface area contributed by atoms with Crippen LogP contribution in [-0.4, -0.2) is 0 Å². The summed E-state index contributed by atoms with van der Waals surface area (Å²) in [7, 11) is 4.09. The molecule has 0 atom stereocenters. The molecular formula is C12H14Cl2N2. The molecule has 16 heavy (non-hydrogen) atoms. The Bertz CT molecular complexity index is 458. The Morgan fingerprint density at radius 3 is 2.25 bits per heavy atom. The molecule has 0 aliphatic carbocycles. The van der Waals surface area contributed by atoms with Crippen molar-refractivity contribution in [2.24, 2.45) is 14.1 Å². The molecule has 0 fully saturated rings. The summed E-state index contributed by atoms with van der Waals surface area (Å²) in [6, 6.07) is 10.4. The minimum atomic E-state index is 0. The largest absolute Gasteiger partial charge is 1.00 e. The fraction of sp³-hybridized carbons (Fsp3) is 0.167. The molecule has 0 radical (unpaired) electrons. The Morgan fingerprint density at radius 2 is 1.62 bits per heavy atom. The molecule has 0 aromatic carbocycles. The minimum absolute atomic E-state index is 0. The zero-order chi connectivity index (χ0) is 9.97. The van der Waals surface area contributed by atoms with Crippen molar-refractivity contribution in [1.82, 2.24) is 0 Å². The standard InChI is InChI=1S/C12H14N2.2ClH/c1-13-8-5-6-11(10-13)12-7-3-4-9-14(12)2;;/h3-10H,1-2H3;2*1H/q+2;;/p-2. The lowest BCUT2D eigenvalue weighted by Crippen LogP contribution is -3.00. The van der Waals surface area contributed by atoms with Gasteiger partial charge in [-0.3, -0.25) is 0 Å². The number of halogens is 2. The maximum Gasteiger partial charge on any atom is 0.218 e. The van der Waals surface area contributed by atoms with Crippen LogP contribution in [0.1, 0.15) is 0 Å². The van der Waals surface area contributed by atoms with E-state index in [2.05, 4.69) is 52.8 Å². The van der Waals surface area contributed by atoms with Crippen molar-refractivity contribution in [2.75, 3.05) is 0 Å². The molecule has 0 aliphatic heterocycles. The van der Waals surface area contributed by atoms with Gasteiger partial charge in [0.2, 0.25) is 5.69 Å². The van der Waals surface area contributed by atoms with E-state index >= 15 is 0 Å². The smallest absolute Gasteiger partial charge is 0.218 e. The maximum atomic E-state index is 2.12. The van der Waals surface area contributed by atoms with E-state index in [0.29, 0.717) is 0 Å². The van der Waals surface area contributed by atoms with Gasteiger partial charge >= 0.3 is 0 Å². The molecule has 0 N–H and O–H groups in total. The van der Waals surface area contributed by atoms with Crippen molar-refractivity contribution in [3.8, 4) is 11.3 Å². The first-order valence-corrected chi connectivity index (χ1v) is 4.68. The molecule has 2 aromatic heterocycles. The van der Waals surface area contributed by atoms with Gasteiger partial charge in [-0.1, -0.05) is 0 Å². The third-order valence-electron chi connectivity index (χ3n) is 2.29. The summed E-state index contributed by atoms with van der Waals surface area (Å²) in [5.74, 6) is 0. The first-order valence-electron chi connectivity index (χ1n) is 4.68. The van der Waals surface area contributed by atoms with E-state index in [-0.39, 0.29) is 24.8 Å². The van der Waals surface area contributed by atoms with Gasteiger partial charge in [-0.2, -0.15) is 0 Å². The molecule has 4 heteroatoms. The molecule has 0 aliphatic rings. The van der Waals surface area contributed by atoms with Crippen molar-refractivity contribution in [3.05, 3.63) is 48.9 Å². The number of pyridine rings is 2. The minimum Gasteiger partial charge on any atom is -1.00 e. The van der Waals surface area contributed by atoms with Crippen LogP contribution in [0, 0.1) is 0 Å². The number of aryl methyl sites for hydroxylation is 2. The lowest BCUT2D eigenvalue weighted by Gasteiger charge is -1.97. The maximum absolute atomic E-state index is 2.12. The fourth-order valence-corrected chi connectivity index (χ4v) is 1.56. The fourth-order valence-electron chi connectivity index (χ4n) is 1.56. The van der Waals surface area contributed by atoms with Crippen LogP contribution >= 0.6 is 0 Å². The summed E-state index contributed by atoms with van der Waals surface area (Å²) in [6.07, 6.45) is 6.21. The van der Waals surface area contributed by atoms with Crippen LogP contribution in [-0.2, 0) is 14.1 Å². The van der Waals surface area contributed by atoms with Gasteiger partial charge in [0.15, 0.2) is 18.6 Å². The lowest BCUT2D eigenvalue weighted by molar-refractivity contribution is -0.674. The van der Waals surface area contributed by atoms with Gasteiger partial charge in [0.1, 0.15) is 19.7 Å². The molecule has 0 spiro atoms. The number of aromatic nitrogens is 2. The second-order valence-corrected chi connectivity index (χ2v) is 3.45. The highest BCUT2D eigenvalue weighted by Crippen LogP contribution is 2.10. The summed E-state index contributed by atoms with van der Waals surface area (Å²) in [5.41, 5.74) is 2.46. The van der Waals surface area contributed by atoms with E-state index < -0.39 is 0 Å². The van der Waals surface area contributed by atoms with Crippen LogP contribution in [0.2, 0.25) is 0 Å².